The quantitative estimate of drug-likeness (QED) is 0.925. The molecule has 1 aromatic carbocycles. The lowest BCUT2D eigenvalue weighted by Crippen LogP contribution is -2.23. The Balaban J connectivity index is 2.14. The van der Waals surface area contributed by atoms with E-state index in [1.165, 1.54) is 17.3 Å². The van der Waals surface area contributed by atoms with E-state index >= 15 is 0 Å². The van der Waals surface area contributed by atoms with Crippen molar-refractivity contribution in [1.82, 2.24) is 4.72 Å². The number of aryl methyl sites for hydroxylation is 1. The Hall–Kier alpha value is -1.01. The lowest BCUT2D eigenvalue weighted by Gasteiger charge is -2.07. The third-order valence-corrected chi connectivity index (χ3v) is 6.01. The predicted molar refractivity (Wildman–Crippen MR) is 75.5 cm³/mol. The van der Waals surface area contributed by atoms with E-state index in [0.29, 0.717) is 18.8 Å². The maximum atomic E-state index is 11.9. The van der Waals surface area contributed by atoms with Gasteiger partial charge in [-0.25, -0.2) is 8.42 Å². The summed E-state index contributed by atoms with van der Waals surface area (Å²) in [7, 11) is -3.28. The van der Waals surface area contributed by atoms with Crippen LogP contribution in [0.25, 0.3) is 0 Å². The van der Waals surface area contributed by atoms with Gasteiger partial charge in [0, 0.05) is 17.9 Å². The Morgan fingerprint density at radius 2 is 2.06 bits per heavy atom. The zero-order chi connectivity index (χ0) is 13.2. The molecule has 6 heteroatoms. The molecule has 2 rings (SSSR count). The maximum absolute atomic E-state index is 11.9. The van der Waals surface area contributed by atoms with Gasteiger partial charge in [-0.2, -0.15) is 0 Å². The summed E-state index contributed by atoms with van der Waals surface area (Å²) in [4.78, 5) is 5.10. The van der Waals surface area contributed by atoms with Crippen molar-refractivity contribution in [3.63, 3.8) is 0 Å². The van der Waals surface area contributed by atoms with Crippen LogP contribution in [0.5, 0.6) is 0 Å². The number of hydrogen-bond acceptors (Lipinski definition) is 4. The summed E-state index contributed by atoms with van der Waals surface area (Å²) in [5.74, 6) is 0.571. The fourth-order valence-corrected chi connectivity index (χ4v) is 4.51. The van der Waals surface area contributed by atoms with Crippen LogP contribution in [-0.2, 0) is 10.0 Å². The summed E-state index contributed by atoms with van der Waals surface area (Å²) in [5.41, 5.74) is 1.17. The first kappa shape index (κ1) is 13.4. The Morgan fingerprint density at radius 1 is 1.39 bits per heavy atom. The van der Waals surface area contributed by atoms with Gasteiger partial charge < -0.3 is 0 Å². The molecule has 1 atom stereocenters. The van der Waals surface area contributed by atoms with E-state index in [0.717, 1.165) is 4.90 Å². The van der Waals surface area contributed by atoms with E-state index in [4.69, 9.17) is 0 Å². The molecule has 1 aliphatic rings. The molecular weight excluding hydrogens is 268 g/mol. The molecule has 1 heterocycles. The van der Waals surface area contributed by atoms with Crippen molar-refractivity contribution < 1.29 is 8.42 Å². The van der Waals surface area contributed by atoms with E-state index in [-0.39, 0.29) is 0 Å². The summed E-state index contributed by atoms with van der Waals surface area (Å²) in [6.07, 6.45) is 0.453. The van der Waals surface area contributed by atoms with Crippen LogP contribution in [0.1, 0.15) is 18.9 Å². The average molecular weight is 284 g/mol. The summed E-state index contributed by atoms with van der Waals surface area (Å²) < 4.78 is 25.8. The van der Waals surface area contributed by atoms with Gasteiger partial charge in [-0.1, -0.05) is 17.7 Å². The van der Waals surface area contributed by atoms with E-state index < -0.39 is 14.6 Å². The van der Waals surface area contributed by atoms with Crippen molar-refractivity contribution in [1.29, 1.82) is 0 Å². The molecule has 98 valence electrons. The van der Waals surface area contributed by atoms with E-state index in [9.17, 15) is 8.42 Å². The molecular formula is C12H16N2O2S2. The SMILES string of the molecule is CCN=C1CC(Sc2ccc(C)cc2)S(=O)(=O)N1. The van der Waals surface area contributed by atoms with Gasteiger partial charge in [0.2, 0.25) is 10.0 Å². The van der Waals surface area contributed by atoms with Crippen molar-refractivity contribution in [3.8, 4) is 0 Å². The van der Waals surface area contributed by atoms with Gasteiger partial charge >= 0.3 is 0 Å². The first-order valence-electron chi connectivity index (χ1n) is 5.79. The molecule has 0 aliphatic carbocycles. The normalized spacial score (nSPS) is 24.1. The van der Waals surface area contributed by atoms with E-state index in [1.807, 2.05) is 38.1 Å². The number of nitrogens with zero attached hydrogens (tertiary/aromatic N) is 1. The number of benzene rings is 1. The minimum Gasteiger partial charge on any atom is -0.272 e. The molecule has 0 aromatic heterocycles. The monoisotopic (exact) mass is 284 g/mol. The summed E-state index contributed by atoms with van der Waals surface area (Å²) in [6.45, 7) is 4.50. The van der Waals surface area contributed by atoms with Crippen molar-refractivity contribution in [2.75, 3.05) is 6.54 Å². The second kappa shape index (κ2) is 5.32. The number of rotatable bonds is 3. The number of amidine groups is 1. The van der Waals surface area contributed by atoms with Gasteiger partial charge in [-0.15, -0.1) is 11.8 Å². The molecule has 1 fully saturated rings. The van der Waals surface area contributed by atoms with Crippen LogP contribution in [0.4, 0.5) is 0 Å². The first-order valence-corrected chi connectivity index (χ1v) is 8.22. The predicted octanol–water partition coefficient (Wildman–Crippen LogP) is 2.15. The Labute approximate surface area is 112 Å². The second-order valence-electron chi connectivity index (χ2n) is 4.13. The number of aliphatic imine (C=N–C) groups is 1. The van der Waals surface area contributed by atoms with Crippen molar-refractivity contribution in [2.24, 2.45) is 4.99 Å². The van der Waals surface area contributed by atoms with Crippen LogP contribution in [-0.4, -0.2) is 25.4 Å². The fourth-order valence-electron chi connectivity index (χ4n) is 1.70. The molecule has 18 heavy (non-hydrogen) atoms. The first-order chi connectivity index (χ1) is 8.51. The molecule has 1 N–H and O–H groups in total. The van der Waals surface area contributed by atoms with Crippen LogP contribution < -0.4 is 4.72 Å². The maximum Gasteiger partial charge on any atom is 0.246 e. The van der Waals surface area contributed by atoms with Crippen molar-refractivity contribution in [3.05, 3.63) is 29.8 Å². The topological polar surface area (TPSA) is 58.5 Å². The molecule has 0 amide bonds. The van der Waals surface area contributed by atoms with Crippen LogP contribution >= 0.6 is 11.8 Å². The highest BCUT2D eigenvalue weighted by Crippen LogP contribution is 2.32. The van der Waals surface area contributed by atoms with Crippen LogP contribution in [0.2, 0.25) is 0 Å². The van der Waals surface area contributed by atoms with Gasteiger partial charge in [0.25, 0.3) is 0 Å². The van der Waals surface area contributed by atoms with Crippen molar-refractivity contribution >= 4 is 27.6 Å². The smallest absolute Gasteiger partial charge is 0.246 e. The van der Waals surface area contributed by atoms with Gasteiger partial charge in [-0.3, -0.25) is 9.71 Å². The largest absolute Gasteiger partial charge is 0.272 e. The molecule has 4 nitrogen and oxygen atoms in total. The standard InChI is InChI=1S/C12H16N2O2S2/c1-3-13-11-8-12(18(15,16)14-11)17-10-6-4-9(2)5-7-10/h4-7,12H,3,8H2,1-2H3,(H,13,14). The number of sulfonamides is 1. The fraction of sp³-hybridized carbons (Fsp3) is 0.417. The zero-order valence-corrected chi connectivity index (χ0v) is 12.0. The van der Waals surface area contributed by atoms with Gasteiger partial charge in [-0.05, 0) is 26.0 Å². The highest BCUT2D eigenvalue weighted by atomic mass is 32.3. The van der Waals surface area contributed by atoms with Crippen LogP contribution in [0.3, 0.4) is 0 Å². The molecule has 0 spiro atoms. The zero-order valence-electron chi connectivity index (χ0n) is 10.4. The minimum absolute atomic E-state index is 0.453. The Kier molecular flexibility index (Phi) is 3.97. The number of hydrogen-bond donors (Lipinski definition) is 1. The summed E-state index contributed by atoms with van der Waals surface area (Å²) >= 11 is 1.37. The van der Waals surface area contributed by atoms with Gasteiger partial charge in [0.1, 0.15) is 10.4 Å². The highest BCUT2D eigenvalue weighted by Gasteiger charge is 2.35. The van der Waals surface area contributed by atoms with Crippen LogP contribution in [0.15, 0.2) is 34.2 Å². The summed E-state index contributed by atoms with van der Waals surface area (Å²) in [6, 6.07) is 7.87. The van der Waals surface area contributed by atoms with E-state index in [2.05, 4.69) is 9.71 Å². The average Bonchev–Trinajstić information content (AvgIpc) is 2.57. The van der Waals surface area contributed by atoms with Crippen molar-refractivity contribution in [2.45, 2.75) is 29.7 Å². The lowest BCUT2D eigenvalue weighted by atomic mass is 10.2. The molecule has 1 aliphatic heterocycles. The lowest BCUT2D eigenvalue weighted by molar-refractivity contribution is 0.594. The van der Waals surface area contributed by atoms with E-state index in [1.54, 1.807) is 0 Å². The van der Waals surface area contributed by atoms with Gasteiger partial charge in [0.05, 0.1) is 0 Å². The summed E-state index contributed by atoms with van der Waals surface area (Å²) in [5, 5.41) is 0. The number of thioether (sulfide) groups is 1. The molecule has 1 aromatic rings. The molecule has 1 saturated heterocycles. The minimum atomic E-state index is -3.28. The van der Waals surface area contributed by atoms with Gasteiger partial charge in [0.15, 0.2) is 0 Å². The molecule has 0 saturated carbocycles. The molecule has 0 bridgehead atoms. The third kappa shape index (κ3) is 3.05. The molecule has 1 unspecified atom stereocenters. The second-order valence-corrected chi connectivity index (χ2v) is 7.57. The Morgan fingerprint density at radius 3 is 2.67 bits per heavy atom. The third-order valence-electron chi connectivity index (χ3n) is 2.60. The molecule has 0 radical (unpaired) electrons. The Bertz CT molecular complexity index is 550. The highest BCUT2D eigenvalue weighted by molar-refractivity contribution is 8.13. The van der Waals surface area contributed by atoms with Crippen LogP contribution in [0, 0.1) is 6.92 Å². The number of nitrogens with one attached hydrogen (secondary N) is 1.